The maximum Gasteiger partial charge on any atom is 0.307 e. The van der Waals surface area contributed by atoms with Crippen LogP contribution in [0, 0.1) is 29.6 Å². The second kappa shape index (κ2) is 6.98. The molecule has 6 nitrogen and oxygen atoms in total. The van der Waals surface area contributed by atoms with Crippen LogP contribution < -0.4 is 4.90 Å². The molecule has 1 heterocycles. The molecule has 3 unspecified atom stereocenters. The topological polar surface area (TPSA) is 77.9 Å². The van der Waals surface area contributed by atoms with Crippen LogP contribution in [-0.2, 0) is 14.8 Å². The number of hydrogen-bond donors (Lipinski definition) is 1. The number of benzene rings is 1. The Labute approximate surface area is 173 Å². The summed E-state index contributed by atoms with van der Waals surface area (Å²) in [7, 11) is -3.52. The van der Waals surface area contributed by atoms with Gasteiger partial charge in [0, 0.05) is 37.3 Å². The van der Waals surface area contributed by atoms with Crippen LogP contribution in [0.1, 0.15) is 38.7 Å². The van der Waals surface area contributed by atoms with Gasteiger partial charge in [0.05, 0.1) is 11.7 Å². The fraction of sp³-hybridized carbons (Fsp3) is 0.682. The summed E-state index contributed by atoms with van der Waals surface area (Å²) in [5.41, 5.74) is 1.43. The van der Waals surface area contributed by atoms with Crippen molar-refractivity contribution in [2.75, 3.05) is 36.8 Å². The van der Waals surface area contributed by atoms with E-state index >= 15 is 0 Å². The Morgan fingerprint density at radius 3 is 2.41 bits per heavy atom. The van der Waals surface area contributed by atoms with Gasteiger partial charge >= 0.3 is 5.97 Å². The molecular formula is C22H32N2O4S. The highest BCUT2D eigenvalue weighted by Gasteiger charge is 2.67. The lowest BCUT2D eigenvalue weighted by Crippen LogP contribution is -2.53. The van der Waals surface area contributed by atoms with E-state index in [2.05, 4.69) is 37.8 Å². The Morgan fingerprint density at radius 1 is 1.17 bits per heavy atom. The minimum atomic E-state index is -3.52. The number of nitrogens with zero attached hydrogens (tertiary/aromatic N) is 2. The number of carboxylic acids is 1. The highest BCUT2D eigenvalue weighted by atomic mass is 32.2. The fourth-order valence-electron chi connectivity index (χ4n) is 6.31. The molecule has 1 aromatic rings. The smallest absolute Gasteiger partial charge is 0.307 e. The molecule has 3 atom stereocenters. The standard InChI is InChI=1S/C22H32N2O4S/c1-16-6-4-5-7-19(16)23-10-12-24(13-11-23)29(27,28)15-22-9-8-17(21(22,2)3)14-18(22)20(25)26/h4-7,17-18H,8-15H2,1-3H3,(H,25,26). The van der Waals surface area contributed by atoms with Gasteiger partial charge in [-0.1, -0.05) is 32.0 Å². The first-order valence-electron chi connectivity index (χ1n) is 10.6. The number of piperazine rings is 1. The first-order valence-corrected chi connectivity index (χ1v) is 12.2. The summed E-state index contributed by atoms with van der Waals surface area (Å²) in [6, 6.07) is 8.17. The quantitative estimate of drug-likeness (QED) is 0.792. The highest BCUT2D eigenvalue weighted by molar-refractivity contribution is 7.89. The zero-order valence-electron chi connectivity index (χ0n) is 17.6. The predicted molar refractivity (Wildman–Crippen MR) is 113 cm³/mol. The van der Waals surface area contributed by atoms with Gasteiger partial charge in [0.25, 0.3) is 0 Å². The Hall–Kier alpha value is -1.60. The fourth-order valence-corrected chi connectivity index (χ4v) is 8.58. The van der Waals surface area contributed by atoms with Crippen LogP contribution in [0.3, 0.4) is 0 Å². The lowest BCUT2D eigenvalue weighted by Gasteiger charge is -2.43. The molecule has 2 saturated carbocycles. The van der Waals surface area contributed by atoms with E-state index in [0.717, 1.165) is 12.1 Å². The number of anilines is 1. The molecule has 3 fully saturated rings. The van der Waals surface area contributed by atoms with E-state index in [4.69, 9.17) is 0 Å². The molecule has 4 rings (SSSR count). The third kappa shape index (κ3) is 3.17. The predicted octanol–water partition coefficient (Wildman–Crippen LogP) is 2.97. The van der Waals surface area contributed by atoms with Crippen LogP contribution in [0.2, 0.25) is 0 Å². The molecule has 0 amide bonds. The molecule has 3 aliphatic rings. The summed E-state index contributed by atoms with van der Waals surface area (Å²) in [6.07, 6.45) is 2.25. The number of fused-ring (bicyclic) bond motifs is 2. The van der Waals surface area contributed by atoms with Crippen LogP contribution in [0.15, 0.2) is 24.3 Å². The Bertz CT molecular complexity index is 905. The summed E-state index contributed by atoms with van der Waals surface area (Å²) < 4.78 is 28.4. The maximum absolute atomic E-state index is 13.4. The van der Waals surface area contributed by atoms with Gasteiger partial charge in [-0.25, -0.2) is 8.42 Å². The Morgan fingerprint density at radius 2 is 1.83 bits per heavy atom. The van der Waals surface area contributed by atoms with Crippen LogP contribution in [0.5, 0.6) is 0 Å². The number of hydrogen-bond acceptors (Lipinski definition) is 4. The van der Waals surface area contributed by atoms with Crippen molar-refractivity contribution in [1.29, 1.82) is 0 Å². The van der Waals surface area contributed by atoms with Gasteiger partial charge in [-0.15, -0.1) is 0 Å². The molecule has 2 bridgehead atoms. The van der Waals surface area contributed by atoms with Crippen LogP contribution >= 0.6 is 0 Å². The van der Waals surface area contributed by atoms with Crippen molar-refractivity contribution in [2.24, 2.45) is 22.7 Å². The van der Waals surface area contributed by atoms with E-state index in [0.29, 0.717) is 44.9 Å². The lowest BCUT2D eigenvalue weighted by molar-refractivity contribution is -0.146. The van der Waals surface area contributed by atoms with Crippen molar-refractivity contribution in [3.8, 4) is 0 Å². The number of aliphatic carboxylic acids is 1. The zero-order chi connectivity index (χ0) is 21.0. The van der Waals surface area contributed by atoms with Crippen molar-refractivity contribution in [3.63, 3.8) is 0 Å². The van der Waals surface area contributed by atoms with Crippen LogP contribution in [0.4, 0.5) is 5.69 Å². The summed E-state index contributed by atoms with van der Waals surface area (Å²) in [6.45, 7) is 8.46. The molecule has 0 spiro atoms. The summed E-state index contributed by atoms with van der Waals surface area (Å²) in [4.78, 5) is 14.2. The van der Waals surface area contributed by atoms with Gasteiger partial charge in [-0.05, 0) is 49.1 Å². The Balaban J connectivity index is 1.51. The van der Waals surface area contributed by atoms with E-state index in [-0.39, 0.29) is 11.2 Å². The molecule has 7 heteroatoms. The third-order valence-corrected chi connectivity index (χ3v) is 10.3. The van der Waals surface area contributed by atoms with Crippen LogP contribution in [0.25, 0.3) is 0 Å². The first kappa shape index (κ1) is 20.7. The summed E-state index contributed by atoms with van der Waals surface area (Å²) in [5.74, 6) is -1.12. The summed E-state index contributed by atoms with van der Waals surface area (Å²) >= 11 is 0. The molecule has 1 saturated heterocycles. The molecule has 1 aliphatic heterocycles. The number of carboxylic acid groups (broad SMARTS) is 1. The van der Waals surface area contributed by atoms with E-state index in [1.54, 1.807) is 4.31 Å². The SMILES string of the molecule is Cc1ccccc1N1CCN(S(=O)(=O)CC23CCC(CC2C(=O)O)C3(C)C)CC1. The second-order valence-electron chi connectivity index (χ2n) is 9.67. The summed E-state index contributed by atoms with van der Waals surface area (Å²) in [5, 5.41) is 9.81. The molecule has 0 aromatic heterocycles. The van der Waals surface area contributed by atoms with Crippen molar-refractivity contribution in [1.82, 2.24) is 4.31 Å². The number of rotatable bonds is 5. The monoisotopic (exact) mass is 420 g/mol. The molecule has 1 N–H and O–H groups in total. The second-order valence-corrected chi connectivity index (χ2v) is 11.6. The average Bonchev–Trinajstić information content (AvgIpc) is 3.03. The molecule has 0 radical (unpaired) electrons. The minimum Gasteiger partial charge on any atom is -0.481 e. The number of para-hydroxylation sites is 1. The highest BCUT2D eigenvalue weighted by Crippen LogP contribution is 2.68. The molecule has 160 valence electrons. The lowest BCUT2D eigenvalue weighted by atomic mass is 9.66. The van der Waals surface area contributed by atoms with E-state index in [1.165, 1.54) is 5.56 Å². The van der Waals surface area contributed by atoms with Gasteiger partial charge in [0.2, 0.25) is 10.0 Å². The van der Waals surface area contributed by atoms with E-state index in [1.807, 2.05) is 12.1 Å². The largest absolute Gasteiger partial charge is 0.481 e. The maximum atomic E-state index is 13.4. The normalized spacial score (nSPS) is 31.9. The number of carbonyl (C=O) groups is 1. The zero-order valence-corrected chi connectivity index (χ0v) is 18.4. The third-order valence-electron chi connectivity index (χ3n) is 8.26. The number of sulfonamides is 1. The van der Waals surface area contributed by atoms with E-state index < -0.39 is 27.3 Å². The molecule has 2 aliphatic carbocycles. The van der Waals surface area contributed by atoms with Gasteiger partial charge in [-0.3, -0.25) is 4.79 Å². The molecule has 29 heavy (non-hydrogen) atoms. The van der Waals surface area contributed by atoms with Gasteiger partial charge in [0.1, 0.15) is 0 Å². The number of aryl methyl sites for hydroxylation is 1. The van der Waals surface area contributed by atoms with Crippen molar-refractivity contribution >= 4 is 21.7 Å². The molecule has 1 aromatic carbocycles. The van der Waals surface area contributed by atoms with Crippen molar-refractivity contribution < 1.29 is 18.3 Å². The van der Waals surface area contributed by atoms with Gasteiger partial charge in [-0.2, -0.15) is 4.31 Å². The average molecular weight is 421 g/mol. The van der Waals surface area contributed by atoms with Gasteiger partial charge < -0.3 is 10.0 Å². The molecular weight excluding hydrogens is 388 g/mol. The minimum absolute atomic E-state index is 0.0369. The van der Waals surface area contributed by atoms with E-state index in [9.17, 15) is 18.3 Å². The van der Waals surface area contributed by atoms with Crippen molar-refractivity contribution in [3.05, 3.63) is 29.8 Å². The van der Waals surface area contributed by atoms with Gasteiger partial charge in [0.15, 0.2) is 0 Å². The Kier molecular flexibility index (Phi) is 4.97. The van der Waals surface area contributed by atoms with Crippen molar-refractivity contribution in [2.45, 2.75) is 40.0 Å². The van der Waals surface area contributed by atoms with Crippen LogP contribution in [-0.4, -0.2) is 55.7 Å². The first-order chi connectivity index (χ1) is 13.6.